The van der Waals surface area contributed by atoms with E-state index in [2.05, 4.69) is 21.2 Å². The Kier molecular flexibility index (Phi) is 3.82. The summed E-state index contributed by atoms with van der Waals surface area (Å²) in [6.07, 6.45) is 0. The second-order valence-electron chi connectivity index (χ2n) is 4.01. The maximum Gasteiger partial charge on any atom is 0.147 e. The lowest BCUT2D eigenvalue weighted by molar-refractivity contribution is 0.620. The number of aryl methyl sites for hydroxylation is 1. The van der Waals surface area contributed by atoms with Crippen molar-refractivity contribution in [2.24, 2.45) is 0 Å². The minimum atomic E-state index is -0.554. The molecule has 0 unspecified atom stereocenters. The fourth-order valence-electron chi connectivity index (χ4n) is 1.61. The van der Waals surface area contributed by atoms with E-state index >= 15 is 0 Å². The molecular weight excluding hydrogens is 314 g/mol. The molecule has 0 spiro atoms. The van der Waals surface area contributed by atoms with Crippen LogP contribution in [0.25, 0.3) is 0 Å². The number of rotatable bonds is 2. The van der Waals surface area contributed by atoms with E-state index in [1.165, 1.54) is 18.2 Å². The van der Waals surface area contributed by atoms with Gasteiger partial charge in [0, 0.05) is 5.69 Å². The Hall–Kier alpha value is -1.93. The average molecular weight is 323 g/mol. The third-order valence-electron chi connectivity index (χ3n) is 2.63. The minimum absolute atomic E-state index is 0.198. The molecule has 0 fully saturated rings. The molecule has 0 aliphatic heterocycles. The maximum absolute atomic E-state index is 13.7. The van der Waals surface area contributed by atoms with E-state index in [0.717, 1.165) is 11.6 Å². The van der Waals surface area contributed by atoms with E-state index in [1.807, 2.05) is 6.07 Å². The molecule has 2 aromatic carbocycles. The molecule has 0 aliphatic carbocycles. The van der Waals surface area contributed by atoms with E-state index in [4.69, 9.17) is 5.26 Å². The SMILES string of the molecule is Cc1cc(Br)c(F)cc1Nc1ccc(C#N)cc1F. The summed E-state index contributed by atoms with van der Waals surface area (Å²) in [7, 11) is 0. The zero-order chi connectivity index (χ0) is 14.0. The van der Waals surface area contributed by atoms with Crippen LogP contribution in [0.5, 0.6) is 0 Å². The molecule has 0 aromatic heterocycles. The van der Waals surface area contributed by atoms with Crippen LogP contribution < -0.4 is 5.32 Å². The predicted molar refractivity (Wildman–Crippen MR) is 73.2 cm³/mol. The molecule has 0 heterocycles. The normalized spacial score (nSPS) is 10.1. The molecule has 2 aromatic rings. The minimum Gasteiger partial charge on any atom is -0.353 e. The van der Waals surface area contributed by atoms with E-state index in [0.29, 0.717) is 10.2 Å². The summed E-state index contributed by atoms with van der Waals surface area (Å²) in [5.74, 6) is -0.982. The molecule has 5 heteroatoms. The van der Waals surface area contributed by atoms with Gasteiger partial charge >= 0.3 is 0 Å². The lowest BCUT2D eigenvalue weighted by Gasteiger charge is -2.11. The van der Waals surface area contributed by atoms with Gasteiger partial charge in [-0.1, -0.05) is 0 Å². The molecule has 96 valence electrons. The molecule has 2 nitrogen and oxygen atoms in total. The van der Waals surface area contributed by atoms with Gasteiger partial charge in [0.25, 0.3) is 0 Å². The second-order valence-corrected chi connectivity index (χ2v) is 4.87. The third kappa shape index (κ3) is 2.91. The van der Waals surface area contributed by atoms with Gasteiger partial charge in [0.2, 0.25) is 0 Å². The Morgan fingerprint density at radius 3 is 2.47 bits per heavy atom. The Bertz CT molecular complexity index is 678. The van der Waals surface area contributed by atoms with Crippen molar-refractivity contribution in [3.8, 4) is 6.07 Å². The van der Waals surface area contributed by atoms with Crippen LogP contribution in [0.3, 0.4) is 0 Å². The van der Waals surface area contributed by atoms with Crippen LogP contribution >= 0.6 is 15.9 Å². The predicted octanol–water partition coefficient (Wildman–Crippen LogP) is 4.65. The lowest BCUT2D eigenvalue weighted by Crippen LogP contribution is -1.97. The van der Waals surface area contributed by atoms with Gasteiger partial charge in [0.15, 0.2) is 0 Å². The van der Waals surface area contributed by atoms with Crippen molar-refractivity contribution >= 4 is 27.3 Å². The van der Waals surface area contributed by atoms with Crippen LogP contribution in [0.15, 0.2) is 34.8 Å². The number of nitrogens with zero attached hydrogens (tertiary/aromatic N) is 1. The molecule has 19 heavy (non-hydrogen) atoms. The van der Waals surface area contributed by atoms with Crippen LogP contribution in [-0.2, 0) is 0 Å². The van der Waals surface area contributed by atoms with E-state index in [9.17, 15) is 8.78 Å². The first-order valence-electron chi connectivity index (χ1n) is 5.43. The molecule has 0 atom stereocenters. The summed E-state index contributed by atoms with van der Waals surface area (Å²) in [6.45, 7) is 1.79. The van der Waals surface area contributed by atoms with Gasteiger partial charge in [0.05, 0.1) is 21.8 Å². The summed E-state index contributed by atoms with van der Waals surface area (Å²) in [5, 5.41) is 11.5. The molecule has 1 N–H and O–H groups in total. The van der Waals surface area contributed by atoms with Crippen LogP contribution in [0.2, 0.25) is 0 Å². The first kappa shape index (κ1) is 13.5. The highest BCUT2D eigenvalue weighted by Crippen LogP contribution is 2.27. The highest BCUT2D eigenvalue weighted by atomic mass is 79.9. The summed E-state index contributed by atoms with van der Waals surface area (Å²) >= 11 is 3.09. The Balaban J connectivity index is 2.37. The largest absolute Gasteiger partial charge is 0.353 e. The van der Waals surface area contributed by atoms with Gasteiger partial charge in [-0.05, 0) is 58.7 Å². The highest BCUT2D eigenvalue weighted by molar-refractivity contribution is 9.10. The fraction of sp³-hybridized carbons (Fsp3) is 0.0714. The number of benzene rings is 2. The number of halogens is 3. The zero-order valence-electron chi connectivity index (χ0n) is 9.97. The highest BCUT2D eigenvalue weighted by Gasteiger charge is 2.08. The van der Waals surface area contributed by atoms with Gasteiger partial charge < -0.3 is 5.32 Å². The van der Waals surface area contributed by atoms with Gasteiger partial charge in [0.1, 0.15) is 11.6 Å². The molecule has 0 bridgehead atoms. The van der Waals surface area contributed by atoms with Gasteiger partial charge in [-0.3, -0.25) is 0 Å². The molecule has 0 saturated heterocycles. The van der Waals surface area contributed by atoms with Crippen molar-refractivity contribution < 1.29 is 8.78 Å². The Labute approximate surface area is 117 Å². The van der Waals surface area contributed by atoms with Crippen molar-refractivity contribution in [2.75, 3.05) is 5.32 Å². The third-order valence-corrected chi connectivity index (χ3v) is 3.24. The lowest BCUT2D eigenvalue weighted by atomic mass is 10.1. The van der Waals surface area contributed by atoms with Gasteiger partial charge in [-0.15, -0.1) is 0 Å². The summed E-state index contributed by atoms with van der Waals surface area (Å²) in [4.78, 5) is 0. The van der Waals surface area contributed by atoms with Crippen molar-refractivity contribution in [1.82, 2.24) is 0 Å². The quantitative estimate of drug-likeness (QED) is 0.873. The summed E-state index contributed by atoms with van der Waals surface area (Å²) in [6, 6.07) is 8.83. The van der Waals surface area contributed by atoms with Gasteiger partial charge in [-0.25, -0.2) is 8.78 Å². The Morgan fingerprint density at radius 1 is 1.11 bits per heavy atom. The second kappa shape index (κ2) is 5.37. The molecule has 0 radical (unpaired) electrons. The summed E-state index contributed by atoms with van der Waals surface area (Å²) in [5.41, 5.74) is 1.69. The molecule has 0 aliphatic rings. The van der Waals surface area contributed by atoms with Crippen molar-refractivity contribution in [3.05, 3.63) is 57.6 Å². The smallest absolute Gasteiger partial charge is 0.147 e. The average Bonchev–Trinajstić information content (AvgIpc) is 2.38. The van der Waals surface area contributed by atoms with E-state index in [-0.39, 0.29) is 11.3 Å². The molecule has 2 rings (SSSR count). The number of nitriles is 1. The van der Waals surface area contributed by atoms with E-state index < -0.39 is 11.6 Å². The fourth-order valence-corrected chi connectivity index (χ4v) is 2.07. The first-order valence-corrected chi connectivity index (χ1v) is 6.23. The van der Waals surface area contributed by atoms with Crippen molar-refractivity contribution in [3.63, 3.8) is 0 Å². The zero-order valence-corrected chi connectivity index (χ0v) is 11.6. The number of nitrogens with one attached hydrogen (secondary N) is 1. The molecule has 0 amide bonds. The number of anilines is 2. The number of hydrogen-bond acceptors (Lipinski definition) is 2. The van der Waals surface area contributed by atoms with Crippen LogP contribution in [0, 0.1) is 29.9 Å². The summed E-state index contributed by atoms with van der Waals surface area (Å²) < 4.78 is 27.5. The van der Waals surface area contributed by atoms with Crippen molar-refractivity contribution in [2.45, 2.75) is 6.92 Å². The van der Waals surface area contributed by atoms with Gasteiger partial charge in [-0.2, -0.15) is 5.26 Å². The first-order chi connectivity index (χ1) is 9.01. The maximum atomic E-state index is 13.7. The number of hydrogen-bond donors (Lipinski definition) is 1. The molecule has 0 saturated carbocycles. The monoisotopic (exact) mass is 322 g/mol. The van der Waals surface area contributed by atoms with Crippen molar-refractivity contribution in [1.29, 1.82) is 5.26 Å². The van der Waals surface area contributed by atoms with Crippen LogP contribution in [0.1, 0.15) is 11.1 Å². The Morgan fingerprint density at radius 2 is 1.84 bits per heavy atom. The van der Waals surface area contributed by atoms with E-state index in [1.54, 1.807) is 13.0 Å². The topological polar surface area (TPSA) is 35.8 Å². The molecular formula is C14H9BrF2N2. The van der Waals surface area contributed by atoms with Crippen LogP contribution in [-0.4, -0.2) is 0 Å². The van der Waals surface area contributed by atoms with Crippen LogP contribution in [0.4, 0.5) is 20.2 Å². The standard InChI is InChI=1S/C14H9BrF2N2/c1-8-4-10(15)11(16)6-14(8)19-13-3-2-9(7-18)5-12(13)17/h2-6,19H,1H3.